The summed E-state index contributed by atoms with van der Waals surface area (Å²) in [5.74, 6) is 0.307. The second kappa shape index (κ2) is 6.06. The molecule has 2 amide bonds. The topological polar surface area (TPSA) is 71.3 Å². The molecule has 0 fully saturated rings. The minimum atomic E-state index is -0.215. The Morgan fingerprint density at radius 1 is 1.25 bits per heavy atom. The Morgan fingerprint density at radius 2 is 2.05 bits per heavy atom. The van der Waals surface area contributed by atoms with Gasteiger partial charge in [0.15, 0.2) is 0 Å². The lowest BCUT2D eigenvalue weighted by Crippen LogP contribution is -2.22. The molecule has 20 heavy (non-hydrogen) atoms. The van der Waals surface area contributed by atoms with Gasteiger partial charge in [-0.2, -0.15) is 0 Å². The largest absolute Gasteiger partial charge is 0.467 e. The minimum Gasteiger partial charge on any atom is -0.467 e. The lowest BCUT2D eigenvalue weighted by atomic mass is 10.1. The van der Waals surface area contributed by atoms with E-state index in [1.165, 1.54) is 6.92 Å². The van der Waals surface area contributed by atoms with Gasteiger partial charge in [-0.25, -0.2) is 0 Å². The zero-order chi connectivity index (χ0) is 14.5. The third-order valence-electron chi connectivity index (χ3n) is 2.81. The summed E-state index contributed by atoms with van der Waals surface area (Å²) in [4.78, 5) is 23.1. The average Bonchev–Trinajstić information content (AvgIpc) is 2.91. The predicted molar refractivity (Wildman–Crippen MR) is 75.4 cm³/mol. The average molecular weight is 272 g/mol. The van der Waals surface area contributed by atoms with Crippen LogP contribution in [0.5, 0.6) is 0 Å². The molecule has 0 aliphatic carbocycles. The van der Waals surface area contributed by atoms with Crippen molar-refractivity contribution < 1.29 is 14.0 Å². The molecule has 1 aromatic carbocycles. The van der Waals surface area contributed by atoms with Crippen molar-refractivity contribution >= 4 is 17.5 Å². The van der Waals surface area contributed by atoms with Crippen LogP contribution >= 0.6 is 0 Å². The quantitative estimate of drug-likeness (QED) is 0.898. The molecule has 0 spiro atoms. The lowest BCUT2D eigenvalue weighted by Gasteiger charge is -2.09. The van der Waals surface area contributed by atoms with Crippen molar-refractivity contribution in [2.45, 2.75) is 20.4 Å². The summed E-state index contributed by atoms with van der Waals surface area (Å²) in [5, 5.41) is 5.46. The molecular weight excluding hydrogens is 256 g/mol. The molecule has 0 saturated heterocycles. The van der Waals surface area contributed by atoms with Crippen molar-refractivity contribution in [1.29, 1.82) is 0 Å². The van der Waals surface area contributed by atoms with Gasteiger partial charge in [0, 0.05) is 18.2 Å². The number of hydrogen-bond acceptors (Lipinski definition) is 3. The van der Waals surface area contributed by atoms with E-state index in [1.54, 1.807) is 36.6 Å². The van der Waals surface area contributed by atoms with Gasteiger partial charge in [0.25, 0.3) is 5.91 Å². The van der Waals surface area contributed by atoms with Crippen LogP contribution in [-0.2, 0) is 11.3 Å². The smallest absolute Gasteiger partial charge is 0.251 e. The van der Waals surface area contributed by atoms with Gasteiger partial charge in [-0.1, -0.05) is 6.07 Å². The number of carbonyl (C=O) groups excluding carboxylic acids is 2. The fraction of sp³-hybridized carbons (Fsp3) is 0.200. The van der Waals surface area contributed by atoms with Crippen LogP contribution in [0.1, 0.15) is 28.6 Å². The van der Waals surface area contributed by atoms with Crippen LogP contribution in [0.2, 0.25) is 0 Å². The summed E-state index contributed by atoms with van der Waals surface area (Å²) >= 11 is 0. The maximum atomic E-state index is 12.0. The van der Waals surface area contributed by atoms with Crippen molar-refractivity contribution in [3.8, 4) is 0 Å². The van der Waals surface area contributed by atoms with Gasteiger partial charge >= 0.3 is 0 Å². The fourth-order valence-electron chi connectivity index (χ4n) is 1.77. The number of nitrogens with one attached hydrogen (secondary N) is 2. The van der Waals surface area contributed by atoms with E-state index < -0.39 is 0 Å². The third kappa shape index (κ3) is 3.47. The molecule has 2 rings (SSSR count). The molecule has 5 nitrogen and oxygen atoms in total. The molecule has 104 valence electrons. The highest BCUT2D eigenvalue weighted by Crippen LogP contribution is 2.17. The molecular formula is C15H16N2O3. The first kappa shape index (κ1) is 13.9. The van der Waals surface area contributed by atoms with E-state index in [0.717, 1.165) is 5.56 Å². The SMILES string of the molecule is CC(=O)Nc1cc(C(=O)NCc2ccco2)ccc1C. The molecule has 1 heterocycles. The number of anilines is 1. The first-order valence-corrected chi connectivity index (χ1v) is 6.25. The van der Waals surface area contributed by atoms with Crippen LogP contribution in [-0.4, -0.2) is 11.8 Å². The van der Waals surface area contributed by atoms with Crippen molar-refractivity contribution in [3.63, 3.8) is 0 Å². The van der Waals surface area contributed by atoms with Gasteiger partial charge in [0.05, 0.1) is 12.8 Å². The first-order valence-electron chi connectivity index (χ1n) is 6.25. The summed E-state index contributed by atoms with van der Waals surface area (Å²) in [5.41, 5.74) is 2.04. The standard InChI is InChI=1S/C15H16N2O3/c1-10-5-6-12(8-14(10)17-11(2)18)15(19)16-9-13-4-3-7-20-13/h3-8H,9H2,1-2H3,(H,16,19)(H,17,18). The van der Waals surface area contributed by atoms with Crippen LogP contribution in [0.15, 0.2) is 41.0 Å². The zero-order valence-corrected chi connectivity index (χ0v) is 11.4. The van der Waals surface area contributed by atoms with E-state index in [1.807, 2.05) is 6.92 Å². The summed E-state index contributed by atoms with van der Waals surface area (Å²) in [6, 6.07) is 8.74. The highest BCUT2D eigenvalue weighted by atomic mass is 16.3. The maximum Gasteiger partial charge on any atom is 0.251 e. The van der Waals surface area contributed by atoms with Gasteiger partial charge < -0.3 is 15.1 Å². The summed E-state index contributed by atoms with van der Waals surface area (Å²) < 4.78 is 5.14. The highest BCUT2D eigenvalue weighted by molar-refractivity contribution is 5.97. The second-order valence-electron chi connectivity index (χ2n) is 4.47. The van der Waals surface area contributed by atoms with E-state index >= 15 is 0 Å². The number of carbonyl (C=O) groups is 2. The highest BCUT2D eigenvalue weighted by Gasteiger charge is 2.09. The van der Waals surface area contributed by atoms with E-state index in [9.17, 15) is 9.59 Å². The number of benzene rings is 1. The zero-order valence-electron chi connectivity index (χ0n) is 11.4. The van der Waals surface area contributed by atoms with E-state index in [4.69, 9.17) is 4.42 Å². The Bertz CT molecular complexity index is 618. The molecule has 0 atom stereocenters. The summed E-state index contributed by atoms with van der Waals surface area (Å²) in [6.07, 6.45) is 1.56. The number of aryl methyl sites for hydroxylation is 1. The molecule has 2 aromatic rings. The number of amides is 2. The maximum absolute atomic E-state index is 12.0. The van der Waals surface area contributed by atoms with Crippen LogP contribution in [0.4, 0.5) is 5.69 Å². The molecule has 0 saturated carbocycles. The normalized spacial score (nSPS) is 10.1. The molecule has 0 aliphatic heterocycles. The Hall–Kier alpha value is -2.56. The van der Waals surface area contributed by atoms with Gasteiger partial charge in [-0.05, 0) is 36.8 Å². The molecule has 0 radical (unpaired) electrons. The summed E-state index contributed by atoms with van der Waals surface area (Å²) in [6.45, 7) is 3.63. The number of rotatable bonds is 4. The van der Waals surface area contributed by atoms with Crippen LogP contribution in [0.3, 0.4) is 0 Å². The lowest BCUT2D eigenvalue weighted by molar-refractivity contribution is -0.114. The van der Waals surface area contributed by atoms with Crippen molar-refractivity contribution in [2.24, 2.45) is 0 Å². The minimum absolute atomic E-state index is 0.166. The Morgan fingerprint density at radius 3 is 2.70 bits per heavy atom. The second-order valence-corrected chi connectivity index (χ2v) is 4.47. The van der Waals surface area contributed by atoms with Crippen molar-refractivity contribution in [1.82, 2.24) is 5.32 Å². The monoisotopic (exact) mass is 272 g/mol. The van der Waals surface area contributed by atoms with Gasteiger partial charge in [0.1, 0.15) is 5.76 Å². The molecule has 2 N–H and O–H groups in total. The summed E-state index contributed by atoms with van der Waals surface area (Å²) in [7, 11) is 0. The molecule has 0 unspecified atom stereocenters. The van der Waals surface area contributed by atoms with Crippen LogP contribution < -0.4 is 10.6 Å². The van der Waals surface area contributed by atoms with Crippen LogP contribution in [0.25, 0.3) is 0 Å². The third-order valence-corrected chi connectivity index (χ3v) is 2.81. The predicted octanol–water partition coefficient (Wildman–Crippen LogP) is 2.48. The number of hydrogen-bond donors (Lipinski definition) is 2. The van der Waals surface area contributed by atoms with E-state index in [-0.39, 0.29) is 11.8 Å². The van der Waals surface area contributed by atoms with Crippen LogP contribution in [0, 0.1) is 6.92 Å². The molecule has 5 heteroatoms. The van der Waals surface area contributed by atoms with Crippen molar-refractivity contribution in [2.75, 3.05) is 5.32 Å². The molecule has 1 aromatic heterocycles. The van der Waals surface area contributed by atoms with Gasteiger partial charge in [-0.3, -0.25) is 9.59 Å². The Kier molecular flexibility index (Phi) is 4.20. The van der Waals surface area contributed by atoms with Gasteiger partial charge in [0.2, 0.25) is 5.91 Å². The van der Waals surface area contributed by atoms with Crippen molar-refractivity contribution in [3.05, 3.63) is 53.5 Å². The Labute approximate surface area is 117 Å². The molecule has 0 aliphatic rings. The number of furan rings is 1. The molecule has 0 bridgehead atoms. The fourth-order valence-corrected chi connectivity index (χ4v) is 1.77. The Balaban J connectivity index is 2.07. The van der Waals surface area contributed by atoms with E-state index in [0.29, 0.717) is 23.6 Å². The van der Waals surface area contributed by atoms with E-state index in [2.05, 4.69) is 10.6 Å². The van der Waals surface area contributed by atoms with Gasteiger partial charge in [-0.15, -0.1) is 0 Å². The first-order chi connectivity index (χ1) is 9.56.